The number of anilines is 1. The summed E-state index contributed by atoms with van der Waals surface area (Å²) in [6.07, 6.45) is 5.18. The van der Waals surface area contributed by atoms with Gasteiger partial charge in [0.2, 0.25) is 0 Å². The predicted molar refractivity (Wildman–Crippen MR) is 81.0 cm³/mol. The van der Waals surface area contributed by atoms with E-state index in [1.54, 1.807) is 14.2 Å². The molecule has 4 nitrogen and oxygen atoms in total. The van der Waals surface area contributed by atoms with Crippen LogP contribution >= 0.6 is 0 Å². The Morgan fingerprint density at radius 3 is 2.65 bits per heavy atom. The minimum absolute atomic E-state index is 0.262. The second-order valence-electron chi connectivity index (χ2n) is 5.80. The van der Waals surface area contributed by atoms with Crippen molar-refractivity contribution in [1.82, 2.24) is 5.32 Å². The van der Waals surface area contributed by atoms with Gasteiger partial charge in [0.15, 0.2) is 0 Å². The molecule has 1 aromatic rings. The molecule has 0 unspecified atom stereocenters. The van der Waals surface area contributed by atoms with Gasteiger partial charge in [-0.25, -0.2) is 0 Å². The van der Waals surface area contributed by atoms with Crippen LogP contribution in [0.2, 0.25) is 0 Å². The van der Waals surface area contributed by atoms with Crippen LogP contribution in [-0.2, 0) is 0 Å². The first kappa shape index (κ1) is 13.6. The molecule has 1 saturated heterocycles. The lowest BCUT2D eigenvalue weighted by Crippen LogP contribution is -2.60. The summed E-state index contributed by atoms with van der Waals surface area (Å²) in [5, 5.41) is 3.57. The van der Waals surface area contributed by atoms with E-state index in [9.17, 15) is 0 Å². The van der Waals surface area contributed by atoms with Crippen molar-refractivity contribution in [2.75, 3.05) is 38.8 Å². The summed E-state index contributed by atoms with van der Waals surface area (Å²) in [5.74, 6) is 1.84. The first-order valence-electron chi connectivity index (χ1n) is 7.49. The maximum absolute atomic E-state index is 5.58. The number of piperazine rings is 1. The molecule has 110 valence electrons. The highest BCUT2D eigenvalue weighted by Crippen LogP contribution is 2.43. The van der Waals surface area contributed by atoms with Gasteiger partial charge in [-0.05, 0) is 25.0 Å². The van der Waals surface area contributed by atoms with Gasteiger partial charge in [0.1, 0.15) is 11.5 Å². The van der Waals surface area contributed by atoms with Crippen LogP contribution in [0.5, 0.6) is 11.5 Å². The van der Waals surface area contributed by atoms with Crippen LogP contribution in [0.1, 0.15) is 25.7 Å². The van der Waals surface area contributed by atoms with Crippen molar-refractivity contribution in [1.29, 1.82) is 0 Å². The lowest BCUT2D eigenvalue weighted by molar-refractivity contribution is 0.325. The average Bonchev–Trinajstić information content (AvgIpc) is 2.96. The Bertz CT molecular complexity index is 470. The number of nitrogens with zero attached hydrogens (tertiary/aromatic N) is 1. The molecule has 20 heavy (non-hydrogen) atoms. The molecular formula is C16H24N2O2. The molecule has 4 heteroatoms. The van der Waals surface area contributed by atoms with Gasteiger partial charge in [0, 0.05) is 25.7 Å². The quantitative estimate of drug-likeness (QED) is 0.919. The van der Waals surface area contributed by atoms with E-state index in [1.807, 2.05) is 12.1 Å². The maximum atomic E-state index is 5.58. The van der Waals surface area contributed by atoms with Gasteiger partial charge < -0.3 is 19.7 Å². The number of ether oxygens (including phenoxy) is 2. The molecule has 0 bridgehead atoms. The summed E-state index contributed by atoms with van der Waals surface area (Å²) >= 11 is 0. The molecule has 1 aromatic carbocycles. The van der Waals surface area contributed by atoms with Crippen molar-refractivity contribution in [3.05, 3.63) is 18.2 Å². The van der Waals surface area contributed by atoms with Crippen LogP contribution in [0.15, 0.2) is 18.2 Å². The molecule has 0 atom stereocenters. The molecular weight excluding hydrogens is 252 g/mol. The minimum Gasteiger partial charge on any atom is -0.497 e. The Morgan fingerprint density at radius 1 is 1.15 bits per heavy atom. The molecule has 0 radical (unpaired) electrons. The fourth-order valence-corrected chi connectivity index (χ4v) is 3.71. The van der Waals surface area contributed by atoms with Gasteiger partial charge in [0.25, 0.3) is 0 Å². The Morgan fingerprint density at radius 2 is 1.95 bits per heavy atom. The van der Waals surface area contributed by atoms with E-state index in [1.165, 1.54) is 31.4 Å². The number of benzene rings is 1. The van der Waals surface area contributed by atoms with Crippen molar-refractivity contribution in [2.24, 2.45) is 0 Å². The van der Waals surface area contributed by atoms with E-state index in [-0.39, 0.29) is 5.54 Å². The topological polar surface area (TPSA) is 33.7 Å². The van der Waals surface area contributed by atoms with E-state index in [0.717, 1.165) is 31.1 Å². The molecule has 0 amide bonds. The lowest BCUT2D eigenvalue weighted by atomic mass is 9.92. The maximum Gasteiger partial charge on any atom is 0.142 e. The van der Waals surface area contributed by atoms with Crippen LogP contribution in [0.25, 0.3) is 0 Å². The minimum atomic E-state index is 0.262. The second-order valence-corrected chi connectivity index (χ2v) is 5.80. The second kappa shape index (κ2) is 5.52. The van der Waals surface area contributed by atoms with E-state index >= 15 is 0 Å². The van der Waals surface area contributed by atoms with Crippen molar-refractivity contribution < 1.29 is 9.47 Å². The summed E-state index contributed by atoms with van der Waals surface area (Å²) in [5.41, 5.74) is 1.44. The fraction of sp³-hybridized carbons (Fsp3) is 0.625. The summed E-state index contributed by atoms with van der Waals surface area (Å²) < 4.78 is 11.0. The molecule has 1 saturated carbocycles. The number of rotatable bonds is 3. The Hall–Kier alpha value is -1.42. The lowest BCUT2D eigenvalue weighted by Gasteiger charge is -2.47. The van der Waals surface area contributed by atoms with E-state index in [2.05, 4.69) is 16.3 Å². The van der Waals surface area contributed by atoms with Gasteiger partial charge in [0.05, 0.1) is 25.4 Å². The zero-order chi connectivity index (χ0) is 14.0. The van der Waals surface area contributed by atoms with E-state index < -0.39 is 0 Å². The normalized spacial score (nSPS) is 21.2. The van der Waals surface area contributed by atoms with Gasteiger partial charge in [-0.3, -0.25) is 0 Å². The largest absolute Gasteiger partial charge is 0.497 e. The van der Waals surface area contributed by atoms with Crippen LogP contribution in [0.3, 0.4) is 0 Å². The van der Waals surface area contributed by atoms with Crippen molar-refractivity contribution in [3.63, 3.8) is 0 Å². The van der Waals surface area contributed by atoms with Gasteiger partial charge in [-0.1, -0.05) is 12.8 Å². The third-order valence-corrected chi connectivity index (χ3v) is 4.75. The van der Waals surface area contributed by atoms with Crippen molar-refractivity contribution in [2.45, 2.75) is 31.2 Å². The average molecular weight is 276 g/mol. The highest BCUT2D eigenvalue weighted by molar-refractivity contribution is 5.63. The molecule has 1 aliphatic carbocycles. The monoisotopic (exact) mass is 276 g/mol. The number of hydrogen-bond acceptors (Lipinski definition) is 4. The summed E-state index contributed by atoms with van der Waals surface area (Å²) in [6.45, 7) is 3.14. The first-order chi connectivity index (χ1) is 9.79. The van der Waals surface area contributed by atoms with Crippen molar-refractivity contribution >= 4 is 5.69 Å². The summed E-state index contributed by atoms with van der Waals surface area (Å²) in [4.78, 5) is 2.55. The smallest absolute Gasteiger partial charge is 0.142 e. The summed E-state index contributed by atoms with van der Waals surface area (Å²) in [6, 6.07) is 6.09. The SMILES string of the molecule is COc1ccc(OC)c(N2CCNCC23CCCC3)c1. The Kier molecular flexibility index (Phi) is 3.74. The van der Waals surface area contributed by atoms with Gasteiger partial charge >= 0.3 is 0 Å². The Labute approximate surface area is 121 Å². The third-order valence-electron chi connectivity index (χ3n) is 4.75. The molecule has 1 aliphatic heterocycles. The third kappa shape index (κ3) is 2.22. The highest BCUT2D eigenvalue weighted by atomic mass is 16.5. The highest BCUT2D eigenvalue weighted by Gasteiger charge is 2.42. The number of nitrogens with one attached hydrogen (secondary N) is 1. The van der Waals surface area contributed by atoms with Crippen molar-refractivity contribution in [3.8, 4) is 11.5 Å². The Balaban J connectivity index is 2.00. The molecule has 3 rings (SSSR count). The molecule has 0 aromatic heterocycles. The van der Waals surface area contributed by atoms with E-state index in [0.29, 0.717) is 0 Å². The van der Waals surface area contributed by atoms with Gasteiger partial charge in [-0.2, -0.15) is 0 Å². The predicted octanol–water partition coefficient (Wildman–Crippen LogP) is 2.43. The zero-order valence-corrected chi connectivity index (χ0v) is 12.4. The molecule has 2 aliphatic rings. The van der Waals surface area contributed by atoms with E-state index in [4.69, 9.17) is 9.47 Å². The number of methoxy groups -OCH3 is 2. The zero-order valence-electron chi connectivity index (χ0n) is 12.4. The molecule has 1 spiro atoms. The van der Waals surface area contributed by atoms with Gasteiger partial charge in [-0.15, -0.1) is 0 Å². The molecule has 2 fully saturated rings. The van der Waals surface area contributed by atoms with Crippen LogP contribution in [0.4, 0.5) is 5.69 Å². The summed E-state index contributed by atoms with van der Waals surface area (Å²) in [7, 11) is 3.46. The molecule has 1 N–H and O–H groups in total. The van der Waals surface area contributed by atoms with Crippen LogP contribution in [-0.4, -0.2) is 39.4 Å². The standard InChI is InChI=1S/C16H24N2O2/c1-19-13-5-6-15(20-2)14(11-13)18-10-9-17-12-16(18)7-3-4-8-16/h5-6,11,17H,3-4,7-10,12H2,1-2H3. The fourth-order valence-electron chi connectivity index (χ4n) is 3.71. The molecule has 1 heterocycles. The first-order valence-corrected chi connectivity index (χ1v) is 7.49. The van der Waals surface area contributed by atoms with Crippen LogP contribution in [0, 0.1) is 0 Å². The number of hydrogen-bond donors (Lipinski definition) is 1. The van der Waals surface area contributed by atoms with Crippen LogP contribution < -0.4 is 19.7 Å².